The molecule has 8 heteroatoms. The summed E-state index contributed by atoms with van der Waals surface area (Å²) in [4.78, 5) is 39.9. The maximum absolute atomic E-state index is 13.0. The smallest absolute Gasteiger partial charge is 0.410 e. The molecule has 2 N–H and O–H groups in total. The van der Waals surface area contributed by atoms with Crippen LogP contribution in [-0.2, 0) is 27.4 Å². The fraction of sp³-hybridized carbons (Fsp3) is 0.516. The van der Waals surface area contributed by atoms with E-state index >= 15 is 0 Å². The zero-order chi connectivity index (χ0) is 28.4. The van der Waals surface area contributed by atoms with E-state index in [0.717, 1.165) is 29.7 Å². The van der Waals surface area contributed by atoms with E-state index in [4.69, 9.17) is 9.47 Å². The van der Waals surface area contributed by atoms with E-state index in [1.807, 2.05) is 89.2 Å². The third-order valence-corrected chi connectivity index (χ3v) is 6.43. The van der Waals surface area contributed by atoms with Crippen LogP contribution < -0.4 is 15.4 Å². The highest BCUT2D eigenvalue weighted by atomic mass is 16.6. The highest BCUT2D eigenvalue weighted by molar-refractivity contribution is 5.88. The number of hydrogen-bond donors (Lipinski definition) is 2. The van der Waals surface area contributed by atoms with Crippen LogP contribution in [0.3, 0.4) is 0 Å². The van der Waals surface area contributed by atoms with Crippen LogP contribution in [0.4, 0.5) is 4.79 Å². The summed E-state index contributed by atoms with van der Waals surface area (Å²) < 4.78 is 11.3. The highest BCUT2D eigenvalue weighted by Crippen LogP contribution is 2.22. The Kier molecular flexibility index (Phi) is 10.8. The number of carbonyl (C=O) groups is 3. The van der Waals surface area contributed by atoms with Crippen molar-refractivity contribution in [3.8, 4) is 5.75 Å². The van der Waals surface area contributed by atoms with Crippen LogP contribution in [0, 0.1) is 5.92 Å². The Balaban J connectivity index is 1.53. The number of benzene rings is 2. The summed E-state index contributed by atoms with van der Waals surface area (Å²) in [6.07, 6.45) is 1.83. The number of nitrogens with zero attached hydrogens (tertiary/aromatic N) is 1. The molecule has 39 heavy (non-hydrogen) atoms. The number of piperidine rings is 1. The van der Waals surface area contributed by atoms with Crippen LogP contribution in [0.5, 0.6) is 5.75 Å². The first-order chi connectivity index (χ1) is 18.5. The van der Waals surface area contributed by atoms with Gasteiger partial charge in [-0.3, -0.25) is 9.59 Å². The Labute approximate surface area is 232 Å². The van der Waals surface area contributed by atoms with Crippen LogP contribution in [-0.4, -0.2) is 53.6 Å². The molecule has 0 saturated carbocycles. The largest absolute Gasteiger partial charge is 0.489 e. The monoisotopic (exact) mass is 537 g/mol. The Hall–Kier alpha value is -3.55. The van der Waals surface area contributed by atoms with Crippen molar-refractivity contribution in [2.45, 2.75) is 84.6 Å². The first-order valence-corrected chi connectivity index (χ1v) is 13.8. The zero-order valence-electron chi connectivity index (χ0n) is 23.9. The summed E-state index contributed by atoms with van der Waals surface area (Å²) in [5.74, 6) is 0.533. The second kappa shape index (κ2) is 14.0. The van der Waals surface area contributed by atoms with Crippen LogP contribution in [0.2, 0.25) is 0 Å². The molecule has 0 aromatic heterocycles. The molecule has 2 aromatic rings. The Bertz CT molecular complexity index is 1070. The van der Waals surface area contributed by atoms with Gasteiger partial charge in [-0.2, -0.15) is 0 Å². The molecule has 1 aliphatic heterocycles. The molecule has 1 heterocycles. The van der Waals surface area contributed by atoms with E-state index in [2.05, 4.69) is 10.6 Å². The molecule has 1 fully saturated rings. The Morgan fingerprint density at radius 3 is 2.15 bits per heavy atom. The van der Waals surface area contributed by atoms with Crippen molar-refractivity contribution in [2.75, 3.05) is 13.1 Å². The first-order valence-electron chi connectivity index (χ1n) is 13.8. The van der Waals surface area contributed by atoms with Crippen LogP contribution in [0.25, 0.3) is 0 Å². The van der Waals surface area contributed by atoms with Gasteiger partial charge in [-0.15, -0.1) is 0 Å². The second-order valence-electron chi connectivity index (χ2n) is 11.5. The number of rotatable bonds is 10. The van der Waals surface area contributed by atoms with Gasteiger partial charge in [0.15, 0.2) is 0 Å². The summed E-state index contributed by atoms with van der Waals surface area (Å²) >= 11 is 0. The van der Waals surface area contributed by atoms with Crippen molar-refractivity contribution in [3.63, 3.8) is 0 Å². The van der Waals surface area contributed by atoms with Crippen LogP contribution in [0.15, 0.2) is 54.6 Å². The summed E-state index contributed by atoms with van der Waals surface area (Å²) in [6.45, 7) is 10.9. The van der Waals surface area contributed by atoms with Gasteiger partial charge in [0, 0.05) is 32.0 Å². The molecule has 3 rings (SSSR count). The molecule has 2 aromatic carbocycles. The van der Waals surface area contributed by atoms with Gasteiger partial charge in [-0.1, -0.05) is 42.5 Å². The maximum Gasteiger partial charge on any atom is 0.410 e. The van der Waals surface area contributed by atoms with Crippen LogP contribution >= 0.6 is 0 Å². The molecule has 212 valence electrons. The van der Waals surface area contributed by atoms with E-state index < -0.39 is 11.6 Å². The minimum atomic E-state index is -0.683. The third-order valence-electron chi connectivity index (χ3n) is 6.43. The van der Waals surface area contributed by atoms with E-state index in [-0.39, 0.29) is 29.9 Å². The summed E-state index contributed by atoms with van der Waals surface area (Å²) in [6, 6.07) is 16.9. The van der Waals surface area contributed by atoms with Gasteiger partial charge in [0.2, 0.25) is 11.8 Å². The summed E-state index contributed by atoms with van der Waals surface area (Å²) in [5, 5.41) is 5.88. The van der Waals surface area contributed by atoms with Crippen molar-refractivity contribution in [2.24, 2.45) is 5.92 Å². The number of carbonyl (C=O) groups excluding carboxylic acids is 3. The lowest BCUT2D eigenvalue weighted by Crippen LogP contribution is -2.50. The van der Waals surface area contributed by atoms with Crippen molar-refractivity contribution in [3.05, 3.63) is 65.7 Å². The molecule has 0 spiro atoms. The van der Waals surface area contributed by atoms with Gasteiger partial charge in [0.1, 0.15) is 24.0 Å². The summed E-state index contributed by atoms with van der Waals surface area (Å²) in [5.41, 5.74) is 1.48. The minimum Gasteiger partial charge on any atom is -0.489 e. The number of likely N-dealkylation sites (tertiary alicyclic amines) is 1. The predicted octanol–water partition coefficient (Wildman–Crippen LogP) is 4.85. The number of hydrogen-bond acceptors (Lipinski definition) is 5. The fourth-order valence-corrected chi connectivity index (χ4v) is 4.45. The van der Waals surface area contributed by atoms with Gasteiger partial charge in [-0.25, -0.2) is 4.79 Å². The molecule has 1 atom stereocenters. The molecule has 0 bridgehead atoms. The molecule has 1 saturated heterocycles. The number of nitrogens with one attached hydrogen (secondary N) is 2. The molecular formula is C31H43N3O5. The second-order valence-corrected chi connectivity index (χ2v) is 11.5. The van der Waals surface area contributed by atoms with Gasteiger partial charge in [0.05, 0.1) is 0 Å². The maximum atomic E-state index is 13.0. The van der Waals surface area contributed by atoms with Crippen molar-refractivity contribution in [1.82, 2.24) is 15.5 Å². The van der Waals surface area contributed by atoms with E-state index in [1.165, 1.54) is 0 Å². The van der Waals surface area contributed by atoms with E-state index in [9.17, 15) is 14.4 Å². The molecule has 0 unspecified atom stereocenters. The molecule has 0 aliphatic carbocycles. The lowest BCUT2D eigenvalue weighted by molar-refractivity contribution is -0.129. The fourth-order valence-electron chi connectivity index (χ4n) is 4.45. The van der Waals surface area contributed by atoms with Gasteiger partial charge < -0.3 is 25.0 Å². The lowest BCUT2D eigenvalue weighted by Gasteiger charge is -2.33. The summed E-state index contributed by atoms with van der Waals surface area (Å²) in [7, 11) is 0. The Morgan fingerprint density at radius 2 is 1.56 bits per heavy atom. The average molecular weight is 538 g/mol. The zero-order valence-corrected chi connectivity index (χ0v) is 23.9. The molecule has 8 nitrogen and oxygen atoms in total. The minimum absolute atomic E-state index is 0.0390. The molecule has 3 amide bonds. The quantitative estimate of drug-likeness (QED) is 0.451. The standard InChI is InChI=1S/C31H43N3O5/c1-22(2)32-29(36)27(19-23-11-13-26(14-12-23)38-21-25-9-7-6-8-10-25)33-28(35)20-24-15-17-34(18-16-24)30(37)39-31(3,4)5/h6-14,22,24,27H,15-21H2,1-5H3,(H,32,36)(H,33,35)/t27-/m0/s1. The molecule has 0 radical (unpaired) electrons. The van der Waals surface area contributed by atoms with Gasteiger partial charge in [0.25, 0.3) is 0 Å². The Morgan fingerprint density at radius 1 is 0.923 bits per heavy atom. The normalized spacial score (nSPS) is 15.0. The first kappa shape index (κ1) is 30.0. The van der Waals surface area contributed by atoms with Crippen LogP contribution in [0.1, 0.15) is 65.0 Å². The van der Waals surface area contributed by atoms with Gasteiger partial charge in [-0.05, 0) is 76.6 Å². The molecule has 1 aliphatic rings. The van der Waals surface area contributed by atoms with Crippen molar-refractivity contribution >= 4 is 17.9 Å². The van der Waals surface area contributed by atoms with Crippen molar-refractivity contribution in [1.29, 1.82) is 0 Å². The van der Waals surface area contributed by atoms with E-state index in [0.29, 0.717) is 32.5 Å². The topological polar surface area (TPSA) is 97.0 Å². The van der Waals surface area contributed by atoms with Crippen molar-refractivity contribution < 1.29 is 23.9 Å². The molecular weight excluding hydrogens is 494 g/mol. The number of amides is 3. The predicted molar refractivity (Wildman–Crippen MR) is 151 cm³/mol. The third kappa shape index (κ3) is 10.6. The average Bonchev–Trinajstić information content (AvgIpc) is 2.87. The lowest BCUT2D eigenvalue weighted by atomic mass is 9.93. The van der Waals surface area contributed by atoms with Gasteiger partial charge >= 0.3 is 6.09 Å². The number of ether oxygens (including phenoxy) is 2. The SMILES string of the molecule is CC(C)NC(=O)[C@H](Cc1ccc(OCc2ccccc2)cc1)NC(=O)CC1CCN(C(=O)OC(C)(C)C)CC1. The highest BCUT2D eigenvalue weighted by Gasteiger charge is 2.29. The van der Waals surface area contributed by atoms with E-state index in [1.54, 1.807) is 4.90 Å².